The van der Waals surface area contributed by atoms with Gasteiger partial charge < -0.3 is 9.64 Å². The maximum Gasteiger partial charge on any atom is 0.273 e. The second kappa shape index (κ2) is 8.59. The van der Waals surface area contributed by atoms with E-state index in [2.05, 4.69) is 9.88 Å². The average Bonchev–Trinajstić information content (AvgIpc) is 3.21. The molecule has 1 aromatic carbocycles. The van der Waals surface area contributed by atoms with Gasteiger partial charge in [-0.3, -0.25) is 9.69 Å². The third-order valence-corrected chi connectivity index (χ3v) is 6.39. The molecule has 2 saturated heterocycles. The SMILES string of the molecule is O=C(c1cccc(Cl)c1)N1CCC(N2CCC(Oc3nccs3)CC2)CC1. The molecule has 2 aliphatic rings. The number of hydrogen-bond donors (Lipinski definition) is 0. The molecule has 27 heavy (non-hydrogen) atoms. The Hall–Kier alpha value is -1.63. The van der Waals surface area contributed by atoms with Gasteiger partial charge >= 0.3 is 0 Å². The molecule has 0 unspecified atom stereocenters. The number of thiazole rings is 1. The number of benzene rings is 1. The highest BCUT2D eigenvalue weighted by Gasteiger charge is 2.30. The first-order valence-corrected chi connectivity index (χ1v) is 10.8. The van der Waals surface area contributed by atoms with Gasteiger partial charge in [-0.1, -0.05) is 29.0 Å². The van der Waals surface area contributed by atoms with E-state index in [9.17, 15) is 4.79 Å². The van der Waals surface area contributed by atoms with Gasteiger partial charge in [-0.25, -0.2) is 4.98 Å². The second-order valence-corrected chi connectivity index (χ2v) is 8.48. The van der Waals surface area contributed by atoms with Crippen LogP contribution in [0.1, 0.15) is 36.0 Å². The van der Waals surface area contributed by atoms with E-state index < -0.39 is 0 Å². The van der Waals surface area contributed by atoms with Crippen molar-refractivity contribution in [2.75, 3.05) is 26.2 Å². The fraction of sp³-hybridized carbons (Fsp3) is 0.500. The monoisotopic (exact) mass is 405 g/mol. The smallest absolute Gasteiger partial charge is 0.273 e. The number of carbonyl (C=O) groups is 1. The van der Waals surface area contributed by atoms with E-state index in [-0.39, 0.29) is 12.0 Å². The van der Waals surface area contributed by atoms with Gasteiger partial charge in [0.25, 0.3) is 11.1 Å². The molecule has 0 radical (unpaired) electrons. The second-order valence-electron chi connectivity index (χ2n) is 7.18. The van der Waals surface area contributed by atoms with Crippen molar-refractivity contribution in [1.29, 1.82) is 0 Å². The number of amides is 1. The van der Waals surface area contributed by atoms with Crippen LogP contribution in [0.15, 0.2) is 35.8 Å². The summed E-state index contributed by atoms with van der Waals surface area (Å²) in [6.45, 7) is 3.74. The maximum atomic E-state index is 12.7. The van der Waals surface area contributed by atoms with Crippen molar-refractivity contribution < 1.29 is 9.53 Å². The number of rotatable bonds is 4. The molecule has 1 amide bonds. The summed E-state index contributed by atoms with van der Waals surface area (Å²) in [7, 11) is 0. The lowest BCUT2D eigenvalue weighted by molar-refractivity contribution is 0.0425. The fourth-order valence-electron chi connectivity index (χ4n) is 4.01. The van der Waals surface area contributed by atoms with Crippen LogP contribution in [-0.4, -0.2) is 59.0 Å². The minimum atomic E-state index is 0.0894. The Morgan fingerprint density at radius 1 is 1.15 bits per heavy atom. The predicted octanol–water partition coefficient (Wildman–Crippen LogP) is 3.94. The largest absolute Gasteiger partial charge is 0.467 e. The summed E-state index contributed by atoms with van der Waals surface area (Å²) in [6, 6.07) is 7.79. The molecule has 2 fully saturated rings. The quantitative estimate of drug-likeness (QED) is 0.772. The summed E-state index contributed by atoms with van der Waals surface area (Å²) in [4.78, 5) is 21.4. The van der Waals surface area contributed by atoms with Crippen LogP contribution >= 0.6 is 22.9 Å². The number of aromatic nitrogens is 1. The Morgan fingerprint density at radius 2 is 1.93 bits per heavy atom. The summed E-state index contributed by atoms with van der Waals surface area (Å²) in [6.07, 6.45) is 6.21. The van der Waals surface area contributed by atoms with Crippen LogP contribution in [0.5, 0.6) is 5.19 Å². The van der Waals surface area contributed by atoms with Gasteiger partial charge in [-0.15, -0.1) is 0 Å². The van der Waals surface area contributed by atoms with Gasteiger partial charge in [0, 0.05) is 54.4 Å². The molecule has 0 N–H and O–H groups in total. The molecule has 0 saturated carbocycles. The number of halogens is 1. The van der Waals surface area contributed by atoms with Crippen LogP contribution in [0, 0.1) is 0 Å². The molecular formula is C20H24ClN3O2S. The van der Waals surface area contributed by atoms with Crippen LogP contribution < -0.4 is 4.74 Å². The molecule has 5 nitrogen and oxygen atoms in total. The third-order valence-electron chi connectivity index (χ3n) is 5.49. The summed E-state index contributed by atoms with van der Waals surface area (Å²) in [5.74, 6) is 0.0894. The van der Waals surface area contributed by atoms with E-state index in [1.165, 1.54) is 0 Å². The first-order valence-electron chi connectivity index (χ1n) is 9.54. The van der Waals surface area contributed by atoms with Crippen molar-refractivity contribution in [2.45, 2.75) is 37.8 Å². The molecule has 144 valence electrons. The lowest BCUT2D eigenvalue weighted by Crippen LogP contribution is -2.50. The average molecular weight is 406 g/mol. The highest BCUT2D eigenvalue weighted by Crippen LogP contribution is 2.25. The van der Waals surface area contributed by atoms with Crippen molar-refractivity contribution in [3.05, 3.63) is 46.4 Å². The first-order chi connectivity index (χ1) is 13.2. The highest BCUT2D eigenvalue weighted by molar-refractivity contribution is 7.11. The molecule has 7 heteroatoms. The summed E-state index contributed by atoms with van der Waals surface area (Å²) in [5.41, 5.74) is 0.682. The van der Waals surface area contributed by atoms with Crippen molar-refractivity contribution in [3.63, 3.8) is 0 Å². The molecule has 2 aliphatic heterocycles. The topological polar surface area (TPSA) is 45.7 Å². The van der Waals surface area contributed by atoms with Crippen LogP contribution in [-0.2, 0) is 0 Å². The summed E-state index contributed by atoms with van der Waals surface area (Å²) < 4.78 is 5.96. The van der Waals surface area contributed by atoms with Crippen LogP contribution in [0.3, 0.4) is 0 Å². The van der Waals surface area contributed by atoms with E-state index >= 15 is 0 Å². The lowest BCUT2D eigenvalue weighted by Gasteiger charge is -2.41. The predicted molar refractivity (Wildman–Crippen MR) is 108 cm³/mol. The van der Waals surface area contributed by atoms with Gasteiger partial charge in [0.2, 0.25) is 0 Å². The van der Waals surface area contributed by atoms with Gasteiger partial charge in [-0.05, 0) is 43.9 Å². The number of carbonyl (C=O) groups excluding carboxylic acids is 1. The maximum absolute atomic E-state index is 12.7. The normalized spacial score (nSPS) is 20.0. The standard InChI is InChI=1S/C20H24ClN3O2S/c21-16-3-1-2-15(14-16)19(25)24-9-4-17(5-10-24)23-11-6-18(7-12-23)26-20-22-8-13-27-20/h1-3,8,13-14,17-18H,4-7,9-12H2. The minimum absolute atomic E-state index is 0.0894. The van der Waals surface area contributed by atoms with Crippen molar-refractivity contribution in [1.82, 2.24) is 14.8 Å². The summed E-state index contributed by atoms with van der Waals surface area (Å²) in [5, 5.41) is 3.34. The van der Waals surface area contributed by atoms with E-state index in [4.69, 9.17) is 16.3 Å². The zero-order chi connectivity index (χ0) is 18.6. The number of ether oxygens (including phenoxy) is 1. The molecule has 0 spiro atoms. The van der Waals surface area contributed by atoms with E-state index in [0.29, 0.717) is 16.6 Å². The molecule has 4 rings (SSSR count). The lowest BCUT2D eigenvalue weighted by atomic mass is 9.98. The zero-order valence-electron chi connectivity index (χ0n) is 15.2. The number of hydrogen-bond acceptors (Lipinski definition) is 5. The van der Waals surface area contributed by atoms with Crippen molar-refractivity contribution in [3.8, 4) is 5.19 Å². The van der Waals surface area contributed by atoms with E-state index in [0.717, 1.165) is 57.1 Å². The van der Waals surface area contributed by atoms with Crippen LogP contribution in [0.25, 0.3) is 0 Å². The van der Waals surface area contributed by atoms with Gasteiger partial charge in [0.05, 0.1) is 0 Å². The fourth-order valence-corrected chi connectivity index (χ4v) is 4.75. The Labute approximate surface area is 168 Å². The third kappa shape index (κ3) is 4.62. The minimum Gasteiger partial charge on any atom is -0.467 e. The van der Waals surface area contributed by atoms with Crippen LogP contribution in [0.2, 0.25) is 5.02 Å². The van der Waals surface area contributed by atoms with Crippen molar-refractivity contribution in [2.24, 2.45) is 0 Å². The van der Waals surface area contributed by atoms with Gasteiger partial charge in [0.1, 0.15) is 6.10 Å². The first kappa shape index (κ1) is 18.7. The van der Waals surface area contributed by atoms with E-state index in [1.54, 1.807) is 29.7 Å². The zero-order valence-corrected chi connectivity index (χ0v) is 16.8. The molecule has 1 aromatic heterocycles. The number of nitrogens with zero attached hydrogens (tertiary/aromatic N) is 3. The Morgan fingerprint density at radius 3 is 2.59 bits per heavy atom. The van der Waals surface area contributed by atoms with Gasteiger partial charge in [-0.2, -0.15) is 0 Å². The Kier molecular flexibility index (Phi) is 5.95. The number of likely N-dealkylation sites (tertiary alicyclic amines) is 2. The van der Waals surface area contributed by atoms with Crippen LogP contribution in [0.4, 0.5) is 0 Å². The molecule has 0 bridgehead atoms. The van der Waals surface area contributed by atoms with Crippen molar-refractivity contribution >= 4 is 28.8 Å². The van der Waals surface area contributed by atoms with E-state index in [1.807, 2.05) is 22.4 Å². The molecule has 0 atom stereocenters. The number of piperidine rings is 2. The molecule has 0 aliphatic carbocycles. The summed E-state index contributed by atoms with van der Waals surface area (Å²) >= 11 is 7.57. The Bertz CT molecular complexity index is 754. The van der Waals surface area contributed by atoms with Gasteiger partial charge in [0.15, 0.2) is 0 Å². The molecule has 3 heterocycles. The molecular weight excluding hydrogens is 382 g/mol. The Balaban J connectivity index is 1.24. The highest BCUT2D eigenvalue weighted by atomic mass is 35.5. The molecule has 2 aromatic rings.